The van der Waals surface area contributed by atoms with E-state index in [1.165, 1.54) is 4.68 Å². The number of nitriles is 1. The smallest absolute Gasteiger partial charge is 0.322 e. The van der Waals surface area contributed by atoms with E-state index in [0.717, 1.165) is 32.8 Å². The van der Waals surface area contributed by atoms with E-state index in [4.69, 9.17) is 10.00 Å². The van der Waals surface area contributed by atoms with Crippen LogP contribution < -0.4 is 5.32 Å². The predicted molar refractivity (Wildman–Crippen MR) is 90.6 cm³/mol. The lowest BCUT2D eigenvalue weighted by molar-refractivity contribution is 0.0182. The minimum absolute atomic E-state index is 0.0500. The summed E-state index contributed by atoms with van der Waals surface area (Å²) in [5.74, 6) is 0.294. The van der Waals surface area contributed by atoms with E-state index in [1.54, 1.807) is 25.2 Å². The number of hydrogen-bond donors (Lipinski definition) is 1. The average Bonchev–Trinajstić information content (AvgIpc) is 2.86. The van der Waals surface area contributed by atoms with Gasteiger partial charge in [0.15, 0.2) is 5.82 Å². The number of nitrogens with zero attached hydrogens (tertiary/aromatic N) is 5. The molecule has 2 rings (SSSR count). The maximum absolute atomic E-state index is 12.4. The first-order valence-corrected chi connectivity index (χ1v) is 8.07. The van der Waals surface area contributed by atoms with Gasteiger partial charge in [0.2, 0.25) is 0 Å². The fraction of sp³-hybridized carbons (Fsp3) is 0.688. The summed E-state index contributed by atoms with van der Waals surface area (Å²) in [6.45, 7) is 9.19. The number of aryl methyl sites for hydroxylation is 1. The van der Waals surface area contributed by atoms with Gasteiger partial charge in [-0.05, 0) is 5.41 Å². The van der Waals surface area contributed by atoms with E-state index in [9.17, 15) is 4.79 Å². The molecule has 0 unspecified atom stereocenters. The lowest BCUT2D eigenvalue weighted by atomic mass is 9.92. The monoisotopic (exact) mass is 334 g/mol. The maximum atomic E-state index is 12.4. The maximum Gasteiger partial charge on any atom is 0.322 e. The van der Waals surface area contributed by atoms with E-state index >= 15 is 0 Å². The van der Waals surface area contributed by atoms with E-state index in [1.807, 2.05) is 6.07 Å². The first-order valence-electron chi connectivity index (χ1n) is 8.07. The molecule has 1 N–H and O–H groups in total. The summed E-state index contributed by atoms with van der Waals surface area (Å²) < 4.78 is 6.88. The van der Waals surface area contributed by atoms with Gasteiger partial charge in [-0.2, -0.15) is 10.4 Å². The number of nitrogens with one attached hydrogen (secondary N) is 1. The van der Waals surface area contributed by atoms with Gasteiger partial charge in [-0.25, -0.2) is 4.79 Å². The number of rotatable bonds is 5. The number of ether oxygens (including phenoxy) is 1. The molecule has 24 heavy (non-hydrogen) atoms. The molecule has 0 bridgehead atoms. The Bertz CT molecular complexity index is 613. The van der Waals surface area contributed by atoms with Crippen molar-refractivity contribution >= 4 is 11.8 Å². The number of morpholine rings is 1. The van der Waals surface area contributed by atoms with Gasteiger partial charge in [-0.1, -0.05) is 13.8 Å². The molecule has 2 heterocycles. The van der Waals surface area contributed by atoms with Crippen molar-refractivity contribution in [3.05, 3.63) is 11.8 Å². The summed E-state index contributed by atoms with van der Waals surface area (Å²) in [6.07, 6.45) is 1.58. The van der Waals surface area contributed by atoms with Crippen LogP contribution in [0.5, 0.6) is 0 Å². The summed E-state index contributed by atoms with van der Waals surface area (Å²) in [5.41, 5.74) is 0.304. The van der Waals surface area contributed by atoms with Crippen LogP contribution in [0.1, 0.15) is 19.4 Å². The van der Waals surface area contributed by atoms with Gasteiger partial charge in [0.1, 0.15) is 11.6 Å². The second kappa shape index (κ2) is 7.64. The Balaban J connectivity index is 1.91. The van der Waals surface area contributed by atoms with Crippen LogP contribution >= 0.6 is 0 Å². The molecule has 8 nitrogen and oxygen atoms in total. The molecule has 0 spiro atoms. The fourth-order valence-electron chi connectivity index (χ4n) is 2.99. The highest BCUT2D eigenvalue weighted by Gasteiger charge is 2.27. The molecule has 0 radical (unpaired) electrons. The zero-order valence-electron chi connectivity index (χ0n) is 14.9. The lowest BCUT2D eigenvalue weighted by Gasteiger charge is -2.37. The molecule has 0 aromatic carbocycles. The Hall–Kier alpha value is -2.11. The number of carbonyl (C=O) groups is 1. The van der Waals surface area contributed by atoms with Crippen molar-refractivity contribution in [2.45, 2.75) is 13.8 Å². The van der Waals surface area contributed by atoms with E-state index in [2.05, 4.69) is 29.2 Å². The number of hydrogen-bond acceptors (Lipinski definition) is 5. The van der Waals surface area contributed by atoms with Crippen LogP contribution in [0.4, 0.5) is 10.6 Å². The topological polar surface area (TPSA) is 86.4 Å². The third-order valence-corrected chi connectivity index (χ3v) is 3.94. The minimum Gasteiger partial charge on any atom is -0.379 e. The van der Waals surface area contributed by atoms with Crippen molar-refractivity contribution < 1.29 is 9.53 Å². The summed E-state index contributed by atoms with van der Waals surface area (Å²) in [4.78, 5) is 16.4. The van der Waals surface area contributed by atoms with Gasteiger partial charge >= 0.3 is 6.03 Å². The summed E-state index contributed by atoms with van der Waals surface area (Å²) in [7, 11) is 3.47. The van der Waals surface area contributed by atoms with Crippen molar-refractivity contribution in [2.75, 3.05) is 51.8 Å². The second-order valence-electron chi connectivity index (χ2n) is 7.02. The third kappa shape index (κ3) is 4.94. The number of urea groups is 1. The fourth-order valence-corrected chi connectivity index (χ4v) is 2.99. The Morgan fingerprint density at radius 1 is 1.50 bits per heavy atom. The Labute approximate surface area is 143 Å². The second-order valence-corrected chi connectivity index (χ2v) is 7.02. The highest BCUT2D eigenvalue weighted by atomic mass is 16.5. The highest BCUT2D eigenvalue weighted by Crippen LogP contribution is 2.20. The molecular weight excluding hydrogens is 308 g/mol. The van der Waals surface area contributed by atoms with Crippen LogP contribution in [-0.2, 0) is 11.8 Å². The molecule has 0 aliphatic carbocycles. The molecule has 1 aromatic rings. The number of aromatic nitrogens is 2. The molecule has 1 fully saturated rings. The minimum atomic E-state index is -0.264. The van der Waals surface area contributed by atoms with Crippen molar-refractivity contribution in [3.63, 3.8) is 0 Å². The van der Waals surface area contributed by atoms with Crippen LogP contribution in [0, 0.1) is 16.7 Å². The van der Waals surface area contributed by atoms with Crippen LogP contribution in [0.3, 0.4) is 0 Å². The summed E-state index contributed by atoms with van der Waals surface area (Å²) in [6, 6.07) is 1.76. The Kier molecular flexibility index (Phi) is 5.80. The zero-order chi connectivity index (χ0) is 17.7. The first-order chi connectivity index (χ1) is 11.3. The molecule has 8 heteroatoms. The van der Waals surface area contributed by atoms with Crippen molar-refractivity contribution in [2.24, 2.45) is 12.5 Å². The van der Waals surface area contributed by atoms with Crippen molar-refractivity contribution in [1.29, 1.82) is 5.26 Å². The Morgan fingerprint density at radius 2 is 2.17 bits per heavy atom. The van der Waals surface area contributed by atoms with E-state index < -0.39 is 0 Å². The lowest BCUT2D eigenvalue weighted by Crippen LogP contribution is -2.47. The van der Waals surface area contributed by atoms with Crippen molar-refractivity contribution in [3.8, 4) is 6.07 Å². The SMILES string of the molecule is CN(CC(C)(C)CN1CCOCC1)C(=O)Nc1nn(C)cc1C#N. The molecule has 0 saturated carbocycles. The molecule has 2 amide bonds. The van der Waals surface area contributed by atoms with Gasteiger partial charge in [0, 0.05) is 46.5 Å². The summed E-state index contributed by atoms with van der Waals surface area (Å²) >= 11 is 0. The van der Waals surface area contributed by atoms with Crippen molar-refractivity contribution in [1.82, 2.24) is 19.6 Å². The van der Waals surface area contributed by atoms with Crippen LogP contribution in [0.15, 0.2) is 6.20 Å². The zero-order valence-corrected chi connectivity index (χ0v) is 14.9. The van der Waals surface area contributed by atoms with Gasteiger partial charge < -0.3 is 9.64 Å². The standard InChI is InChI=1S/C16H26N6O2/c1-16(2,12-22-5-7-24-8-6-22)11-20(3)15(23)18-14-13(9-17)10-21(4)19-14/h10H,5-8,11-12H2,1-4H3,(H,18,19,23). The number of carbonyl (C=O) groups excluding carboxylic acids is 1. The molecule has 1 saturated heterocycles. The molecule has 1 aliphatic rings. The molecular formula is C16H26N6O2. The quantitative estimate of drug-likeness (QED) is 0.872. The van der Waals surface area contributed by atoms with Crippen LogP contribution in [-0.4, -0.2) is 72.1 Å². The molecule has 1 aliphatic heterocycles. The number of anilines is 1. The first kappa shape index (κ1) is 18.2. The number of amides is 2. The highest BCUT2D eigenvalue weighted by molar-refractivity contribution is 5.89. The van der Waals surface area contributed by atoms with Gasteiger partial charge in [0.25, 0.3) is 0 Å². The van der Waals surface area contributed by atoms with Gasteiger partial charge in [0.05, 0.1) is 13.2 Å². The largest absolute Gasteiger partial charge is 0.379 e. The predicted octanol–water partition coefficient (Wildman–Crippen LogP) is 1.11. The van der Waals surface area contributed by atoms with Gasteiger partial charge in [-0.3, -0.25) is 14.9 Å². The molecule has 0 atom stereocenters. The van der Waals surface area contributed by atoms with Crippen LogP contribution in [0.2, 0.25) is 0 Å². The van der Waals surface area contributed by atoms with E-state index in [-0.39, 0.29) is 11.4 Å². The summed E-state index contributed by atoms with van der Waals surface area (Å²) in [5, 5.41) is 15.9. The Morgan fingerprint density at radius 3 is 2.79 bits per heavy atom. The van der Waals surface area contributed by atoms with Gasteiger partial charge in [-0.15, -0.1) is 0 Å². The van der Waals surface area contributed by atoms with E-state index in [0.29, 0.717) is 17.9 Å². The average molecular weight is 334 g/mol. The molecule has 132 valence electrons. The molecule has 1 aromatic heterocycles. The van der Waals surface area contributed by atoms with Crippen LogP contribution in [0.25, 0.3) is 0 Å². The normalized spacial score (nSPS) is 15.8. The third-order valence-electron chi connectivity index (χ3n) is 3.94.